The number of hydrogen-bond acceptors (Lipinski definition) is 11. The van der Waals surface area contributed by atoms with Crippen molar-refractivity contribution in [1.82, 2.24) is 5.32 Å². The second kappa shape index (κ2) is 17.0. The van der Waals surface area contributed by atoms with Crippen molar-refractivity contribution in [1.29, 1.82) is 0 Å². The van der Waals surface area contributed by atoms with E-state index in [1.165, 1.54) is 6.07 Å². The summed E-state index contributed by atoms with van der Waals surface area (Å²) in [6.07, 6.45) is 4.61. The van der Waals surface area contributed by atoms with Crippen LogP contribution in [0.1, 0.15) is 82.4 Å². The number of rotatable bonds is 11. The van der Waals surface area contributed by atoms with Gasteiger partial charge in [-0.05, 0) is 104 Å². The number of nitrogens with two attached hydrogens (primary N) is 1. The third-order valence-corrected chi connectivity index (χ3v) is 14.0. The zero-order valence-corrected chi connectivity index (χ0v) is 32.8. The minimum atomic E-state index is -3.82. The molecule has 0 amide bonds. The Morgan fingerprint density at radius 2 is 1.77 bits per heavy atom. The van der Waals surface area contributed by atoms with Crippen molar-refractivity contribution in [3.8, 4) is 11.5 Å². The molecule has 12 nitrogen and oxygen atoms in total. The Labute approximate surface area is 319 Å². The maximum atomic E-state index is 13.4. The quantitative estimate of drug-likeness (QED) is 0.182. The number of aliphatic hydroxyl groups excluding tert-OH is 3. The third kappa shape index (κ3) is 8.47. The first-order chi connectivity index (χ1) is 24.5. The van der Waals surface area contributed by atoms with Crippen LogP contribution in [-0.2, 0) is 19.6 Å². The molecular weight excluding hydrogens is 724 g/mol. The lowest BCUT2D eigenvalue weighted by Crippen LogP contribution is -2.62. The molecule has 0 spiro atoms. The summed E-state index contributed by atoms with van der Waals surface area (Å²) >= 11 is 0. The standard InChI is InChI=1S/C21H32O5.C18H24N2O5S.ClH/c1-19-7-5-13(23)9-12(19)3-4-14-15-6-8-21(26,17(25)11-22)20(15,2)10-16(24)18(14)19;1-13-7-8-14(11-18(13)26(19,22)23)15(21)12-20-9-10-25-17-6-4-3-5-16(17)24-2;/h12-15,18,22-23,26H,3-11H2,1-2H3;3-8,11,15,20-21H,9-10,12H2,1-2H3,(H2,19,22,23);1H/t12-,13-,14+,15+,18-,19+,20+,21+;;/m1../s1. The van der Waals surface area contributed by atoms with Gasteiger partial charge in [-0.2, -0.15) is 0 Å². The molecule has 4 fully saturated rings. The van der Waals surface area contributed by atoms with Crippen molar-refractivity contribution < 1.29 is 47.9 Å². The Morgan fingerprint density at radius 1 is 1.08 bits per heavy atom. The number of methoxy groups -OCH3 is 1. The van der Waals surface area contributed by atoms with E-state index in [0.29, 0.717) is 48.1 Å². The van der Waals surface area contributed by atoms with Crippen molar-refractivity contribution in [2.75, 3.05) is 33.4 Å². The lowest BCUT2D eigenvalue weighted by molar-refractivity contribution is -0.180. The van der Waals surface area contributed by atoms with Gasteiger partial charge >= 0.3 is 0 Å². The van der Waals surface area contributed by atoms with Gasteiger partial charge in [0.1, 0.15) is 24.6 Å². The average molecular weight is 781 g/mol. The van der Waals surface area contributed by atoms with Gasteiger partial charge in [0.2, 0.25) is 10.0 Å². The lowest BCUT2D eigenvalue weighted by atomic mass is 9.44. The predicted molar refractivity (Wildman–Crippen MR) is 201 cm³/mol. The molecule has 14 heteroatoms. The van der Waals surface area contributed by atoms with E-state index in [1.54, 1.807) is 26.2 Å². The number of aliphatic hydroxyl groups is 4. The van der Waals surface area contributed by atoms with Crippen LogP contribution in [0.25, 0.3) is 0 Å². The number of fused-ring (bicyclic) bond motifs is 5. The summed E-state index contributed by atoms with van der Waals surface area (Å²) < 4.78 is 34.0. The number of nitrogens with one attached hydrogen (secondary N) is 1. The van der Waals surface area contributed by atoms with Crippen LogP contribution in [0.3, 0.4) is 0 Å². The largest absolute Gasteiger partial charge is 0.493 e. The second-order valence-electron chi connectivity index (χ2n) is 15.8. The monoisotopic (exact) mass is 780 g/mol. The Morgan fingerprint density at radius 3 is 2.43 bits per heavy atom. The van der Waals surface area contributed by atoms with E-state index in [4.69, 9.17) is 14.6 Å². The fourth-order valence-corrected chi connectivity index (χ4v) is 10.9. The van der Waals surface area contributed by atoms with Gasteiger partial charge in [-0.15, -0.1) is 12.4 Å². The molecule has 1 unspecified atom stereocenters. The van der Waals surface area contributed by atoms with Gasteiger partial charge < -0.3 is 35.2 Å². The van der Waals surface area contributed by atoms with Gasteiger partial charge in [0.15, 0.2) is 17.3 Å². The number of Topliss-reactive ketones (excluding diaryl/α,β-unsaturated/α-hetero) is 2. The normalized spacial score (nSPS) is 32.5. The van der Waals surface area contributed by atoms with Gasteiger partial charge in [-0.25, -0.2) is 13.6 Å². The fourth-order valence-electron chi connectivity index (χ4n) is 10.1. The number of ketones is 2. The SMILES string of the molecule is COc1ccccc1OCCNCC(O)c1ccc(C)c(S(N)(=O)=O)c1.C[C@]12CC[C@@H](O)C[C@H]1CC[C@@H]1[C@@H]2C(=O)C[C@@]2(C)[C@H]1CC[C@]2(O)C(=O)CO.Cl. The molecule has 0 bridgehead atoms. The van der Waals surface area contributed by atoms with E-state index in [9.17, 15) is 38.4 Å². The second-order valence-corrected chi connectivity index (χ2v) is 17.3. The van der Waals surface area contributed by atoms with E-state index >= 15 is 0 Å². The number of sulfonamides is 1. The number of benzene rings is 2. The number of primary sulfonamides is 1. The molecule has 4 aliphatic carbocycles. The third-order valence-electron chi connectivity index (χ3n) is 12.9. The van der Waals surface area contributed by atoms with E-state index in [2.05, 4.69) is 12.2 Å². The Kier molecular flexibility index (Phi) is 13.9. The van der Waals surface area contributed by atoms with Crippen molar-refractivity contribution >= 4 is 34.0 Å². The summed E-state index contributed by atoms with van der Waals surface area (Å²) in [6.45, 7) is 6.27. The zero-order valence-electron chi connectivity index (χ0n) is 31.1. The van der Waals surface area contributed by atoms with Gasteiger partial charge in [0.05, 0.1) is 24.2 Å². The summed E-state index contributed by atoms with van der Waals surface area (Å²) in [5.74, 6) is 1.68. The number of halogens is 1. The van der Waals surface area contributed by atoms with E-state index in [-0.39, 0.29) is 65.3 Å². The molecule has 0 aromatic heterocycles. The topological polar surface area (TPSA) is 206 Å². The van der Waals surface area contributed by atoms with Crippen LogP contribution in [0.2, 0.25) is 0 Å². The number of para-hydroxylation sites is 2. The minimum Gasteiger partial charge on any atom is -0.493 e. The van der Waals surface area contributed by atoms with Crippen LogP contribution in [0.5, 0.6) is 11.5 Å². The summed E-state index contributed by atoms with van der Waals surface area (Å²) in [4.78, 5) is 25.7. The van der Waals surface area contributed by atoms with Crippen molar-refractivity contribution in [3.05, 3.63) is 53.6 Å². The van der Waals surface area contributed by atoms with Crippen LogP contribution < -0.4 is 19.9 Å². The van der Waals surface area contributed by atoms with E-state index in [1.807, 2.05) is 31.2 Å². The molecule has 6 rings (SSSR count). The zero-order chi connectivity index (χ0) is 38.1. The van der Waals surface area contributed by atoms with E-state index < -0.39 is 39.5 Å². The summed E-state index contributed by atoms with van der Waals surface area (Å²) in [6, 6.07) is 12.1. The summed E-state index contributed by atoms with van der Waals surface area (Å²) in [5.41, 5.74) is -1.38. The highest BCUT2D eigenvalue weighted by Gasteiger charge is 2.68. The molecule has 53 heavy (non-hydrogen) atoms. The molecule has 2 aromatic rings. The molecule has 296 valence electrons. The predicted octanol–water partition coefficient (Wildman–Crippen LogP) is 3.64. The van der Waals surface area contributed by atoms with Gasteiger partial charge in [0.25, 0.3) is 0 Å². The van der Waals surface area contributed by atoms with Crippen LogP contribution >= 0.6 is 12.4 Å². The van der Waals surface area contributed by atoms with Crippen molar-refractivity contribution in [2.24, 2.45) is 39.6 Å². The molecule has 0 radical (unpaired) electrons. The Balaban J connectivity index is 0.000000232. The average Bonchev–Trinajstić information content (AvgIpc) is 3.38. The number of carbonyl (C=O) groups is 2. The minimum absolute atomic E-state index is 0. The molecule has 4 saturated carbocycles. The number of hydrogen-bond donors (Lipinski definition) is 6. The van der Waals surface area contributed by atoms with Crippen LogP contribution in [0, 0.1) is 41.4 Å². The van der Waals surface area contributed by atoms with Crippen LogP contribution in [0.15, 0.2) is 47.4 Å². The molecule has 9 atom stereocenters. The number of carbonyl (C=O) groups excluding carboxylic acids is 2. The van der Waals surface area contributed by atoms with Crippen molar-refractivity contribution in [3.63, 3.8) is 0 Å². The summed E-state index contributed by atoms with van der Waals surface area (Å²) in [5, 5.41) is 49.1. The molecule has 0 saturated heterocycles. The van der Waals surface area contributed by atoms with Crippen molar-refractivity contribution in [2.45, 2.75) is 94.8 Å². The first kappa shape index (κ1) is 43.1. The lowest BCUT2D eigenvalue weighted by Gasteiger charge is -2.60. The highest BCUT2D eigenvalue weighted by molar-refractivity contribution is 7.89. The van der Waals surface area contributed by atoms with Crippen LogP contribution in [0.4, 0.5) is 0 Å². The number of aryl methyl sites for hydroxylation is 1. The van der Waals surface area contributed by atoms with E-state index in [0.717, 1.165) is 38.5 Å². The molecule has 0 aliphatic heterocycles. The number of ether oxygens (including phenoxy) is 2. The summed E-state index contributed by atoms with van der Waals surface area (Å²) in [7, 11) is -2.24. The maximum Gasteiger partial charge on any atom is 0.238 e. The fraction of sp³-hybridized carbons (Fsp3) is 0.641. The van der Waals surface area contributed by atoms with Gasteiger partial charge in [-0.1, -0.05) is 38.1 Å². The maximum absolute atomic E-state index is 13.4. The Hall–Kier alpha value is -2.62. The molecule has 7 N–H and O–H groups in total. The smallest absolute Gasteiger partial charge is 0.238 e. The van der Waals surface area contributed by atoms with Crippen LogP contribution in [-0.4, -0.2) is 85.5 Å². The molecule has 2 aromatic carbocycles. The first-order valence-corrected chi connectivity index (χ1v) is 19.9. The highest BCUT2D eigenvalue weighted by Crippen LogP contribution is 2.67. The van der Waals surface area contributed by atoms with Gasteiger partial charge in [-0.3, -0.25) is 9.59 Å². The Bertz CT molecular complexity index is 1730. The molecule has 4 aliphatic rings. The van der Waals surface area contributed by atoms with Gasteiger partial charge in [0, 0.05) is 30.8 Å². The highest BCUT2D eigenvalue weighted by atomic mass is 35.5. The molecular formula is C39H57ClN2O10S. The first-order valence-electron chi connectivity index (χ1n) is 18.4. The molecule has 0 heterocycles.